The summed E-state index contributed by atoms with van der Waals surface area (Å²) < 4.78 is 5.95. The second-order valence-corrected chi connectivity index (χ2v) is 25.7. The van der Waals surface area contributed by atoms with Crippen LogP contribution in [0.3, 0.4) is 0 Å². The van der Waals surface area contributed by atoms with Crippen LogP contribution in [0.5, 0.6) is 5.75 Å². The molecule has 1 fully saturated rings. The number of aliphatic hydroxyl groups is 1. The van der Waals surface area contributed by atoms with Gasteiger partial charge in [0.2, 0.25) is 11.8 Å². The van der Waals surface area contributed by atoms with E-state index in [1.807, 2.05) is 6.92 Å². The number of ketones is 1. The molecule has 0 radical (unpaired) electrons. The Bertz CT molecular complexity index is 4060. The molecule has 2 aromatic carbocycles. The average Bonchev–Trinajstić information content (AvgIpc) is 3.59. The van der Waals surface area contributed by atoms with Gasteiger partial charge in [-0.2, -0.15) is 0 Å². The van der Waals surface area contributed by atoms with E-state index in [9.17, 15) is 39.0 Å². The lowest BCUT2D eigenvalue weighted by molar-refractivity contribution is -0.134. The van der Waals surface area contributed by atoms with Crippen molar-refractivity contribution in [3.05, 3.63) is 147 Å². The Morgan fingerprint density at radius 3 is 2.10 bits per heavy atom. The number of nitrogens with two attached hydrogens (primary N) is 2. The maximum atomic E-state index is 15.5. The third-order valence-corrected chi connectivity index (χ3v) is 19.9. The topological polar surface area (TPSA) is 351 Å². The minimum absolute atomic E-state index is 0.0120. The summed E-state index contributed by atoms with van der Waals surface area (Å²) in [5.41, 5.74) is 14.4. The monoisotopic (exact) mass is 1270 g/mol. The summed E-state index contributed by atoms with van der Waals surface area (Å²) in [6.07, 6.45) is -3.61. The third kappa shape index (κ3) is 12.6. The van der Waals surface area contributed by atoms with E-state index in [-0.39, 0.29) is 70.9 Å². The second-order valence-electron chi connectivity index (χ2n) is 20.1. The van der Waals surface area contributed by atoms with Crippen molar-refractivity contribution in [2.24, 2.45) is 17.4 Å². The minimum Gasteiger partial charge on any atom is -0.508 e. The summed E-state index contributed by atoms with van der Waals surface area (Å²) in [5, 5.41) is 41.0. The van der Waals surface area contributed by atoms with E-state index < -0.39 is 83.6 Å². The van der Waals surface area contributed by atoms with E-state index in [2.05, 4.69) is 25.9 Å². The number of aromatic hydroxyl groups is 1. The number of hydrogen-bond acceptors (Lipinski definition) is 23. The van der Waals surface area contributed by atoms with Crippen LogP contribution in [0, 0.1) is 12.8 Å². The fourth-order valence-corrected chi connectivity index (χ4v) is 15.4. The van der Waals surface area contributed by atoms with Crippen molar-refractivity contribution >= 4 is 109 Å². The number of ether oxygens (including phenoxy) is 1. The number of hydrogen-bond donors (Lipinski definition) is 7. The van der Waals surface area contributed by atoms with Crippen LogP contribution in [0.2, 0.25) is 0 Å². The highest BCUT2D eigenvalue weighted by atomic mass is 32.1. The predicted molar refractivity (Wildman–Crippen MR) is 324 cm³/mol. The smallest absolute Gasteiger partial charge is 0.407 e. The Hall–Kier alpha value is -8.58. The number of primary amides is 2. The Morgan fingerprint density at radius 2 is 1.37 bits per heavy atom. The Balaban J connectivity index is 1.03. The van der Waals surface area contributed by atoms with E-state index in [1.165, 1.54) is 56.9 Å². The number of benzene rings is 2. The molecule has 2 aliphatic heterocycles. The van der Waals surface area contributed by atoms with E-state index in [0.717, 1.165) is 34.0 Å². The highest BCUT2D eigenvalue weighted by Crippen LogP contribution is 2.44. The first kappa shape index (κ1) is 59.2. The number of pyridine rings is 1. The van der Waals surface area contributed by atoms with Crippen LogP contribution in [-0.4, -0.2) is 117 Å². The summed E-state index contributed by atoms with van der Waals surface area (Å²) in [7, 11) is 0. The standard InChI is InChI=1S/C57H51N13O10S6/c1-4-60-57(79)80-41-19-70-45(25(41)2)55-68-39(24-85-55)53-64-35(20-83-53)44-30(14-15-32(61-44)52-65-36(21-84-52)47(59)75)50-66-37(22-81-50)48(76)62-33(18-42(58)73)54-69-43(26(3)86-54)40(72)17-31(46(74)28-8-6-5-7-9-28)51-67-38(23-82-51)49(77)63-34(56(70)78)16-27-10-12-29(71)13-11-27/h5-15,20-25,31,33-34,41,45-46,71,74H,4,16-19H2,1-3H3,(H2,58,73)(H2,59,75)(H,60,79)(H,62,76)(H,63,77)/t25-,31-,33-,34-,41-,45-,46+/m0/s1. The molecule has 6 amide bonds. The van der Waals surface area contributed by atoms with Gasteiger partial charge >= 0.3 is 6.09 Å². The number of fused-ring (bicyclic) bond motifs is 16. The van der Waals surface area contributed by atoms with Crippen molar-refractivity contribution < 1.29 is 48.5 Å². The Kier molecular flexibility index (Phi) is 17.3. The lowest BCUT2D eigenvalue weighted by atomic mass is 9.90. The zero-order chi connectivity index (χ0) is 60.5. The van der Waals surface area contributed by atoms with Crippen LogP contribution < -0.4 is 27.4 Å². The summed E-state index contributed by atoms with van der Waals surface area (Å²) >= 11 is 6.95. The number of alkyl carbamates (subject to hydrolysis) is 1. The van der Waals surface area contributed by atoms with Gasteiger partial charge in [0.05, 0.1) is 41.9 Å². The molecule has 9 N–H and O–H groups in total. The quantitative estimate of drug-likeness (QED) is 0.0681. The van der Waals surface area contributed by atoms with Gasteiger partial charge in [-0.3, -0.25) is 28.8 Å². The van der Waals surface area contributed by atoms with Gasteiger partial charge in [0, 0.05) is 68.6 Å². The number of thiazole rings is 6. The summed E-state index contributed by atoms with van der Waals surface area (Å²) in [6.45, 7) is 5.47. The molecule has 23 nitrogen and oxygen atoms in total. The normalized spacial score (nSPS) is 19.5. The number of amides is 6. The van der Waals surface area contributed by atoms with Gasteiger partial charge in [0.1, 0.15) is 82.8 Å². The second kappa shape index (κ2) is 25.2. The molecule has 2 aliphatic rings. The first-order chi connectivity index (χ1) is 41.4. The first-order valence-electron chi connectivity index (χ1n) is 26.7. The minimum atomic E-state index is -1.31. The molecule has 7 atom stereocenters. The van der Waals surface area contributed by atoms with Crippen molar-refractivity contribution in [3.63, 3.8) is 0 Å². The summed E-state index contributed by atoms with van der Waals surface area (Å²) in [5.74, 6) is -5.52. The Labute approximate surface area is 513 Å². The van der Waals surface area contributed by atoms with Crippen LogP contribution in [0.25, 0.3) is 43.4 Å². The van der Waals surface area contributed by atoms with E-state index >= 15 is 4.79 Å². The van der Waals surface area contributed by atoms with Crippen molar-refractivity contribution in [2.45, 2.75) is 76.3 Å². The van der Waals surface area contributed by atoms with Crippen LogP contribution in [-0.2, 0) is 20.7 Å². The molecule has 9 aromatic rings. The van der Waals surface area contributed by atoms with Crippen LogP contribution >= 0.6 is 68.0 Å². The molecule has 440 valence electrons. The molecule has 10 bridgehead atoms. The lowest BCUT2D eigenvalue weighted by Gasteiger charge is -2.29. The molecule has 9 heterocycles. The number of phenols is 1. The molecule has 0 spiro atoms. The predicted octanol–water partition coefficient (Wildman–Crippen LogP) is 8.03. The maximum absolute atomic E-state index is 15.5. The highest BCUT2D eigenvalue weighted by molar-refractivity contribution is 7.15. The summed E-state index contributed by atoms with van der Waals surface area (Å²) in [4.78, 5) is 132. The number of carbonyl (C=O) groups excluding carboxylic acids is 7. The number of nitrogens with one attached hydrogen (secondary N) is 3. The largest absolute Gasteiger partial charge is 0.508 e. The first-order valence-corrected chi connectivity index (χ1v) is 31.9. The van der Waals surface area contributed by atoms with Gasteiger partial charge in [-0.1, -0.05) is 49.4 Å². The van der Waals surface area contributed by atoms with Crippen LogP contribution in [0.15, 0.2) is 93.6 Å². The van der Waals surface area contributed by atoms with Gasteiger partial charge in [-0.25, -0.2) is 39.7 Å². The molecule has 86 heavy (non-hydrogen) atoms. The molecule has 0 aliphatic carbocycles. The molecule has 7 aromatic heterocycles. The lowest BCUT2D eigenvalue weighted by Crippen LogP contribution is -2.50. The van der Waals surface area contributed by atoms with Crippen molar-refractivity contribution in [1.29, 1.82) is 0 Å². The molecular weight excluding hydrogens is 1220 g/mol. The van der Waals surface area contributed by atoms with Gasteiger partial charge in [0.15, 0.2) is 5.78 Å². The molecule has 1 saturated heterocycles. The molecular formula is C57H51N13O10S6. The van der Waals surface area contributed by atoms with Crippen molar-refractivity contribution in [3.8, 4) is 49.1 Å². The number of phenolic OH excluding ortho intramolecular Hbond substituents is 1. The highest BCUT2D eigenvalue weighted by Gasteiger charge is 2.48. The maximum Gasteiger partial charge on any atom is 0.407 e. The number of nitrogens with zero attached hydrogens (tertiary/aromatic N) is 8. The fraction of sp³-hybridized carbons (Fsp3) is 0.263. The molecule has 11 rings (SSSR count). The van der Waals surface area contributed by atoms with Crippen molar-refractivity contribution in [2.75, 3.05) is 13.1 Å². The van der Waals surface area contributed by atoms with E-state index in [0.29, 0.717) is 64.4 Å². The summed E-state index contributed by atoms with van der Waals surface area (Å²) in [6, 6.07) is 15.1. The SMILES string of the molecule is CCNC(=O)O[C@H]1CN2C(=O)[C@H](Cc3ccc(O)cc3)NC(=O)c3csc(n3)[C@H]([C@H](O)c3ccccc3)CC(=O)c3nc(sc3C)[C@H](CC(N)=O)NC(=O)c3csc(n3)-c3ccc(-c4nc(C(N)=O)cs4)nc3-c3csc(n3)-c3csc(n3)[C@@H]2[C@H]1C. The number of aliphatic hydroxyl groups excluding tert-OH is 1. The number of rotatable bonds is 10. The van der Waals surface area contributed by atoms with Crippen molar-refractivity contribution in [1.82, 2.24) is 55.7 Å². The zero-order valence-corrected chi connectivity index (χ0v) is 50.6. The van der Waals surface area contributed by atoms with E-state index in [1.54, 1.807) is 89.5 Å². The number of Topliss-reactive ketones (excluding diaryl/α,β-unsaturated/α-hetero) is 1. The van der Waals surface area contributed by atoms with Gasteiger partial charge in [-0.15, -0.1) is 68.0 Å². The number of aromatic nitrogens is 7. The third-order valence-electron chi connectivity index (χ3n) is 14.3. The average molecular weight is 1270 g/mol. The van der Waals surface area contributed by atoms with Gasteiger partial charge < -0.3 is 47.3 Å². The number of aryl methyl sites for hydroxylation is 1. The van der Waals surface area contributed by atoms with Gasteiger partial charge in [-0.05, 0) is 49.2 Å². The van der Waals surface area contributed by atoms with Gasteiger partial charge in [0.25, 0.3) is 17.7 Å². The Morgan fingerprint density at radius 1 is 0.721 bits per heavy atom. The van der Waals surface area contributed by atoms with E-state index in [4.69, 9.17) is 41.1 Å². The van der Waals surface area contributed by atoms with Crippen LogP contribution in [0.4, 0.5) is 4.79 Å². The molecule has 0 saturated carbocycles. The number of carbonyl (C=O) groups is 7. The molecule has 0 unspecified atom stereocenters. The zero-order valence-electron chi connectivity index (χ0n) is 45.7. The van der Waals surface area contributed by atoms with Crippen LogP contribution in [0.1, 0.15) is 124 Å². The fourth-order valence-electron chi connectivity index (χ4n) is 10.0. The molecule has 29 heteroatoms.